The van der Waals surface area contributed by atoms with Crippen molar-refractivity contribution in [1.82, 2.24) is 0 Å². The fraction of sp³-hybridized carbons (Fsp3) is 0.925. The number of thiocarbonyl (C=S) groups is 3. The van der Waals surface area contributed by atoms with E-state index in [4.69, 9.17) is 45.9 Å². The third-order valence-corrected chi connectivity index (χ3v) is 19.6. The Kier molecular flexibility index (Phi) is 32.7. The summed E-state index contributed by atoms with van der Waals surface area (Å²) in [6.07, 6.45) is 32.4. The fourth-order valence-electron chi connectivity index (χ4n) is 5.95. The number of unbranched alkanes of at least 4 members (excludes halogenated alkanes) is 19. The molecule has 0 aromatic rings. The van der Waals surface area contributed by atoms with Gasteiger partial charge in [0.1, 0.15) is 0 Å². The molecule has 0 rings (SSSR count). The van der Waals surface area contributed by atoms with Gasteiger partial charge in [0.2, 0.25) is 0 Å². The zero-order valence-electron chi connectivity index (χ0n) is 32.3. The topological polar surface area (TPSA) is 27.7 Å². The summed E-state index contributed by atoms with van der Waals surface area (Å²) in [5.41, 5.74) is 0. The number of hydrogen-bond acceptors (Lipinski definition) is 6. The van der Waals surface area contributed by atoms with Gasteiger partial charge < -0.3 is 0 Å². The van der Waals surface area contributed by atoms with Crippen molar-refractivity contribution in [1.29, 1.82) is 0 Å². The first-order valence-electron chi connectivity index (χ1n) is 20.3. The minimum atomic E-state index is -4.32. The monoisotopic (exact) mass is 822 g/mol. The fourth-order valence-corrected chi connectivity index (χ4v) is 16.7. The predicted octanol–water partition coefficient (Wildman–Crippen LogP) is 15.1. The van der Waals surface area contributed by atoms with Crippen LogP contribution in [0.15, 0.2) is 0 Å². The van der Waals surface area contributed by atoms with E-state index < -0.39 is 19.6 Å². The molecule has 0 bridgehead atoms. The van der Waals surface area contributed by atoms with E-state index in [1.165, 1.54) is 135 Å². The average Bonchev–Trinajstić information content (AvgIpc) is 3.05. The molecule has 3 atom stereocenters. The van der Waals surface area contributed by atoms with Gasteiger partial charge in [-0.25, -0.2) is 0 Å². The van der Waals surface area contributed by atoms with Crippen LogP contribution in [-0.4, -0.2) is 34.8 Å². The van der Waals surface area contributed by atoms with Gasteiger partial charge in [-0.15, -0.1) is 0 Å². The van der Waals surface area contributed by atoms with Crippen LogP contribution in [0.1, 0.15) is 215 Å². The summed E-state index contributed by atoms with van der Waals surface area (Å²) >= 11 is 13.7. The van der Waals surface area contributed by atoms with Crippen LogP contribution in [0.5, 0.6) is 0 Å². The van der Waals surface area contributed by atoms with Gasteiger partial charge in [0.05, 0.1) is 0 Å². The standard InChI is InChI=1S/3C12H24OS.C4H9.Sn/c3*1-3-4-5-6-7-8-9-10-11(2)12(13)14;1-3-4-2;/h3*11H,3-10H2,1-2H3,(H,13,14);1,3-4H2,2H3;/q;;;;+3/p-3. The minimum absolute atomic E-state index is 0.183. The van der Waals surface area contributed by atoms with E-state index in [-0.39, 0.29) is 17.8 Å². The summed E-state index contributed by atoms with van der Waals surface area (Å²) in [6.45, 7) is 15.6. The molecule has 0 aliphatic heterocycles. The molecule has 0 aliphatic carbocycles. The Bertz CT molecular complexity index is 685. The van der Waals surface area contributed by atoms with Crippen LogP contribution in [-0.2, 0) is 9.22 Å². The summed E-state index contributed by atoms with van der Waals surface area (Å²) < 4.78 is 21.3. The molecule has 3 unspecified atom stereocenters. The predicted molar refractivity (Wildman–Crippen MR) is 222 cm³/mol. The Morgan fingerprint density at radius 3 is 0.872 bits per heavy atom. The van der Waals surface area contributed by atoms with Gasteiger partial charge in [-0.3, -0.25) is 0 Å². The van der Waals surface area contributed by atoms with E-state index in [1.54, 1.807) is 0 Å². The van der Waals surface area contributed by atoms with Crippen molar-refractivity contribution in [3.05, 3.63) is 0 Å². The summed E-state index contributed by atoms with van der Waals surface area (Å²) in [4.78, 5) is 0. The van der Waals surface area contributed by atoms with Crippen molar-refractivity contribution < 1.29 is 9.22 Å². The molecule has 0 heterocycles. The number of hydrogen-bond donors (Lipinski definition) is 0. The summed E-state index contributed by atoms with van der Waals surface area (Å²) in [7, 11) is 0. The van der Waals surface area contributed by atoms with Crippen molar-refractivity contribution in [2.45, 2.75) is 220 Å². The van der Waals surface area contributed by atoms with Crippen LogP contribution in [0.25, 0.3) is 0 Å². The molecule has 7 heteroatoms. The zero-order chi connectivity index (χ0) is 35.2. The molecule has 0 aromatic heterocycles. The second kappa shape index (κ2) is 32.4. The molecule has 0 radical (unpaired) electrons. The quantitative estimate of drug-likeness (QED) is 0.0372. The average molecular weight is 822 g/mol. The molecule has 0 spiro atoms. The van der Waals surface area contributed by atoms with Crippen molar-refractivity contribution in [3.63, 3.8) is 0 Å². The van der Waals surface area contributed by atoms with Crippen molar-refractivity contribution in [2.75, 3.05) is 0 Å². The molecule has 0 aromatic carbocycles. The Morgan fingerprint density at radius 2 is 0.617 bits per heavy atom. The summed E-state index contributed by atoms with van der Waals surface area (Å²) in [6, 6.07) is 0. The summed E-state index contributed by atoms with van der Waals surface area (Å²) in [5.74, 6) is 0.550. The zero-order valence-corrected chi connectivity index (χ0v) is 37.6. The van der Waals surface area contributed by atoms with Gasteiger partial charge in [0, 0.05) is 0 Å². The van der Waals surface area contributed by atoms with Gasteiger partial charge in [-0.05, 0) is 0 Å². The van der Waals surface area contributed by atoms with Gasteiger partial charge >= 0.3 is 318 Å². The van der Waals surface area contributed by atoms with Crippen LogP contribution in [0.3, 0.4) is 0 Å². The molecule has 0 saturated heterocycles. The van der Waals surface area contributed by atoms with Crippen LogP contribution in [0.2, 0.25) is 4.44 Å². The van der Waals surface area contributed by atoms with Crippen molar-refractivity contribution in [3.8, 4) is 0 Å². The van der Waals surface area contributed by atoms with Crippen molar-refractivity contribution >= 4 is 71.4 Å². The van der Waals surface area contributed by atoms with Crippen molar-refractivity contribution in [2.24, 2.45) is 17.8 Å². The Hall–Kier alpha value is 0.469. The van der Waals surface area contributed by atoms with Gasteiger partial charge in [-0.1, -0.05) is 0 Å². The maximum atomic E-state index is 6.84. The summed E-state index contributed by atoms with van der Waals surface area (Å²) in [5, 5.41) is 1.94. The van der Waals surface area contributed by atoms with Gasteiger partial charge in [0.15, 0.2) is 0 Å². The molecular weight excluding hydrogens is 743 g/mol. The first-order chi connectivity index (χ1) is 22.7. The van der Waals surface area contributed by atoms with Gasteiger partial charge in [0.25, 0.3) is 0 Å². The number of rotatable bonds is 33. The Balaban J connectivity index is 5.48. The molecule has 0 fully saturated rings. The van der Waals surface area contributed by atoms with E-state index in [2.05, 4.69) is 48.5 Å². The van der Waals surface area contributed by atoms with E-state index in [9.17, 15) is 0 Å². The third kappa shape index (κ3) is 26.0. The first kappa shape index (κ1) is 47.5. The van der Waals surface area contributed by atoms with Crippen LogP contribution < -0.4 is 0 Å². The molecule has 0 amide bonds. The second-order valence-corrected chi connectivity index (χ2v) is 22.8. The Labute approximate surface area is 316 Å². The van der Waals surface area contributed by atoms with E-state index >= 15 is 0 Å². The molecule has 0 N–H and O–H groups in total. The van der Waals surface area contributed by atoms with E-state index in [0.29, 0.717) is 15.2 Å². The molecular formula is C40H78O3S3Sn. The van der Waals surface area contributed by atoms with E-state index in [0.717, 1.165) is 36.5 Å². The molecule has 47 heavy (non-hydrogen) atoms. The molecule has 0 saturated carbocycles. The molecule has 278 valence electrons. The normalized spacial score (nSPS) is 14.6. The molecule has 3 nitrogen and oxygen atoms in total. The van der Waals surface area contributed by atoms with Crippen LogP contribution >= 0.6 is 36.7 Å². The second-order valence-electron chi connectivity index (χ2n) is 14.5. The van der Waals surface area contributed by atoms with Crippen LogP contribution in [0.4, 0.5) is 0 Å². The SMILES string of the molecule is CCCCCCCCCC(C)C(=S)[O][Sn]([CH2]CCC)([O]C(=S)C(C)CCCCCCCCC)[O]C(=S)C(C)CCCCCCCCC. The van der Waals surface area contributed by atoms with Crippen LogP contribution in [0, 0.1) is 17.8 Å². The third-order valence-electron chi connectivity index (χ3n) is 9.53. The molecule has 0 aliphatic rings. The van der Waals surface area contributed by atoms with E-state index in [1.807, 2.05) is 0 Å². The van der Waals surface area contributed by atoms with Gasteiger partial charge in [-0.2, -0.15) is 0 Å². The Morgan fingerprint density at radius 1 is 0.383 bits per heavy atom. The first-order valence-corrected chi connectivity index (χ1v) is 27.1. The maximum absolute atomic E-state index is 6.84.